The molecular formula is C14H12N2O5. The fourth-order valence-corrected chi connectivity index (χ4v) is 1.96. The van der Waals surface area contributed by atoms with Crippen LogP contribution in [-0.2, 0) is 0 Å². The van der Waals surface area contributed by atoms with Gasteiger partial charge in [0.15, 0.2) is 5.69 Å². The molecule has 2 aromatic rings. The predicted octanol–water partition coefficient (Wildman–Crippen LogP) is 2.21. The minimum Gasteiger partial charge on any atom is -0.508 e. The maximum absolute atomic E-state index is 12.0. The fourth-order valence-electron chi connectivity index (χ4n) is 1.96. The first-order valence-corrected chi connectivity index (χ1v) is 6.39. The minimum absolute atomic E-state index is 0.0845. The largest absolute Gasteiger partial charge is 0.508 e. The molecule has 1 aromatic carbocycles. The number of carbonyl (C=O) groups is 2. The highest BCUT2D eigenvalue weighted by Crippen LogP contribution is 2.40. The fraction of sp³-hybridized carbons (Fsp3) is 0.214. The SMILES string of the molecule is O=C(Nc1ccc(O)cc1C(=O)O)c1cc(C2CC2)on1. The second-order valence-electron chi connectivity index (χ2n) is 4.88. The van der Waals surface area contributed by atoms with E-state index in [9.17, 15) is 14.7 Å². The summed E-state index contributed by atoms with van der Waals surface area (Å²) in [6, 6.07) is 5.24. The number of rotatable bonds is 4. The Kier molecular flexibility index (Phi) is 3.09. The molecule has 0 radical (unpaired) electrons. The zero-order valence-corrected chi connectivity index (χ0v) is 10.9. The van der Waals surface area contributed by atoms with Crippen molar-refractivity contribution in [2.24, 2.45) is 0 Å². The summed E-state index contributed by atoms with van der Waals surface area (Å²) >= 11 is 0. The maximum Gasteiger partial charge on any atom is 0.337 e. The topological polar surface area (TPSA) is 113 Å². The van der Waals surface area contributed by atoms with Crippen molar-refractivity contribution >= 4 is 17.6 Å². The summed E-state index contributed by atoms with van der Waals surface area (Å²) in [5.74, 6) is -0.992. The van der Waals surface area contributed by atoms with Gasteiger partial charge in [-0.2, -0.15) is 0 Å². The Balaban J connectivity index is 1.81. The summed E-state index contributed by atoms with van der Waals surface area (Å²) in [4.78, 5) is 23.1. The number of nitrogens with one attached hydrogen (secondary N) is 1. The molecule has 0 unspecified atom stereocenters. The zero-order valence-electron chi connectivity index (χ0n) is 10.9. The molecule has 1 heterocycles. The Hall–Kier alpha value is -2.83. The number of hydrogen-bond acceptors (Lipinski definition) is 5. The summed E-state index contributed by atoms with van der Waals surface area (Å²) in [6.07, 6.45) is 2.05. The smallest absolute Gasteiger partial charge is 0.337 e. The standard InChI is InChI=1S/C14H12N2O5/c17-8-3-4-10(9(5-8)14(19)20)15-13(18)11-6-12(21-16-11)7-1-2-7/h3-7,17H,1-2H2,(H,15,18)(H,19,20). The second-order valence-corrected chi connectivity index (χ2v) is 4.88. The molecule has 0 atom stereocenters. The molecule has 0 spiro atoms. The van der Waals surface area contributed by atoms with E-state index in [0.717, 1.165) is 18.9 Å². The van der Waals surface area contributed by atoms with Gasteiger partial charge in [-0.05, 0) is 31.0 Å². The Morgan fingerprint density at radius 3 is 2.71 bits per heavy atom. The lowest BCUT2D eigenvalue weighted by molar-refractivity contribution is 0.0697. The van der Waals surface area contributed by atoms with Gasteiger partial charge in [-0.3, -0.25) is 4.79 Å². The van der Waals surface area contributed by atoms with E-state index in [2.05, 4.69) is 10.5 Å². The number of aromatic nitrogens is 1. The number of phenols is 1. The van der Waals surface area contributed by atoms with Crippen LogP contribution in [0.4, 0.5) is 5.69 Å². The zero-order chi connectivity index (χ0) is 15.0. The van der Waals surface area contributed by atoms with Crippen LogP contribution in [0, 0.1) is 0 Å². The lowest BCUT2D eigenvalue weighted by atomic mass is 10.1. The van der Waals surface area contributed by atoms with Gasteiger partial charge in [0.2, 0.25) is 0 Å². The molecule has 7 nitrogen and oxygen atoms in total. The number of carboxylic acids is 1. The summed E-state index contributed by atoms with van der Waals surface area (Å²) in [5.41, 5.74) is -0.0168. The summed E-state index contributed by atoms with van der Waals surface area (Å²) in [5, 5.41) is 24.5. The van der Waals surface area contributed by atoms with Crippen LogP contribution in [0.2, 0.25) is 0 Å². The first-order chi connectivity index (χ1) is 10.0. The number of benzene rings is 1. The number of aromatic hydroxyl groups is 1. The maximum atomic E-state index is 12.0. The van der Waals surface area contributed by atoms with E-state index in [1.54, 1.807) is 6.07 Å². The molecule has 0 bridgehead atoms. The van der Waals surface area contributed by atoms with Crippen LogP contribution in [0.15, 0.2) is 28.8 Å². The number of aromatic carboxylic acids is 1. The van der Waals surface area contributed by atoms with Crippen molar-refractivity contribution in [3.63, 3.8) is 0 Å². The lowest BCUT2D eigenvalue weighted by Crippen LogP contribution is -2.15. The van der Waals surface area contributed by atoms with Gasteiger partial charge in [-0.1, -0.05) is 5.16 Å². The van der Waals surface area contributed by atoms with Crippen molar-refractivity contribution in [1.29, 1.82) is 0 Å². The summed E-state index contributed by atoms with van der Waals surface area (Å²) in [7, 11) is 0. The number of carbonyl (C=O) groups excluding carboxylic acids is 1. The second kappa shape index (κ2) is 4.93. The van der Waals surface area contributed by atoms with E-state index in [1.807, 2.05) is 0 Å². The lowest BCUT2D eigenvalue weighted by Gasteiger charge is -2.07. The average molecular weight is 288 g/mol. The number of anilines is 1. The monoisotopic (exact) mass is 288 g/mol. The van der Waals surface area contributed by atoms with Crippen molar-refractivity contribution < 1.29 is 24.3 Å². The molecule has 0 aliphatic heterocycles. The summed E-state index contributed by atoms with van der Waals surface area (Å²) < 4.78 is 5.08. The van der Waals surface area contributed by atoms with Crippen LogP contribution in [0.1, 0.15) is 45.4 Å². The molecule has 108 valence electrons. The molecule has 3 N–H and O–H groups in total. The van der Waals surface area contributed by atoms with Crippen LogP contribution in [0.5, 0.6) is 5.75 Å². The van der Waals surface area contributed by atoms with Gasteiger partial charge < -0.3 is 20.1 Å². The number of hydrogen-bond donors (Lipinski definition) is 3. The molecule has 7 heteroatoms. The Bertz CT molecular complexity index is 718. The number of nitrogens with zero attached hydrogens (tertiary/aromatic N) is 1. The molecule has 1 aliphatic carbocycles. The molecule has 1 aliphatic rings. The molecule has 1 aromatic heterocycles. The molecule has 3 rings (SSSR count). The van der Waals surface area contributed by atoms with Gasteiger partial charge >= 0.3 is 5.97 Å². The highest BCUT2D eigenvalue weighted by atomic mass is 16.5. The van der Waals surface area contributed by atoms with Crippen LogP contribution in [0.25, 0.3) is 0 Å². The van der Waals surface area contributed by atoms with E-state index in [4.69, 9.17) is 9.63 Å². The number of amides is 1. The van der Waals surface area contributed by atoms with Gasteiger partial charge in [0.25, 0.3) is 5.91 Å². The highest BCUT2D eigenvalue weighted by Gasteiger charge is 2.29. The molecular weight excluding hydrogens is 276 g/mol. The van der Waals surface area contributed by atoms with Crippen molar-refractivity contribution in [1.82, 2.24) is 5.16 Å². The van der Waals surface area contributed by atoms with E-state index < -0.39 is 11.9 Å². The quantitative estimate of drug-likeness (QED) is 0.743. The molecule has 1 fully saturated rings. The van der Waals surface area contributed by atoms with E-state index in [1.165, 1.54) is 12.1 Å². The third-order valence-corrected chi connectivity index (χ3v) is 3.22. The van der Waals surface area contributed by atoms with Crippen molar-refractivity contribution in [2.45, 2.75) is 18.8 Å². The van der Waals surface area contributed by atoms with E-state index in [-0.39, 0.29) is 22.7 Å². The average Bonchev–Trinajstić information content (AvgIpc) is 3.18. The number of phenolic OH excluding ortho intramolecular Hbond substituents is 1. The molecule has 21 heavy (non-hydrogen) atoms. The van der Waals surface area contributed by atoms with Gasteiger partial charge in [0.05, 0.1) is 11.3 Å². The van der Waals surface area contributed by atoms with Gasteiger partial charge in [-0.15, -0.1) is 0 Å². The van der Waals surface area contributed by atoms with Crippen molar-refractivity contribution in [3.8, 4) is 5.75 Å². The van der Waals surface area contributed by atoms with Gasteiger partial charge in [0.1, 0.15) is 11.5 Å². The first-order valence-electron chi connectivity index (χ1n) is 6.39. The number of carboxylic acid groups (broad SMARTS) is 1. The Labute approximate surface area is 119 Å². The van der Waals surface area contributed by atoms with E-state index >= 15 is 0 Å². The summed E-state index contributed by atoms with van der Waals surface area (Å²) in [6.45, 7) is 0. The third kappa shape index (κ3) is 2.71. The van der Waals surface area contributed by atoms with Crippen LogP contribution in [-0.4, -0.2) is 27.2 Å². The van der Waals surface area contributed by atoms with Crippen molar-refractivity contribution in [2.75, 3.05) is 5.32 Å². The van der Waals surface area contributed by atoms with E-state index in [0.29, 0.717) is 11.7 Å². The highest BCUT2D eigenvalue weighted by molar-refractivity contribution is 6.06. The van der Waals surface area contributed by atoms with Crippen LogP contribution in [0.3, 0.4) is 0 Å². The molecule has 1 amide bonds. The van der Waals surface area contributed by atoms with Gasteiger partial charge in [0, 0.05) is 12.0 Å². The predicted molar refractivity (Wildman–Crippen MR) is 71.5 cm³/mol. The Morgan fingerprint density at radius 1 is 1.29 bits per heavy atom. The normalized spacial score (nSPS) is 13.9. The van der Waals surface area contributed by atoms with Crippen LogP contribution < -0.4 is 5.32 Å². The molecule has 0 saturated heterocycles. The van der Waals surface area contributed by atoms with Crippen molar-refractivity contribution in [3.05, 3.63) is 41.3 Å². The first kappa shape index (κ1) is 13.2. The van der Waals surface area contributed by atoms with Gasteiger partial charge in [-0.25, -0.2) is 4.79 Å². The molecule has 1 saturated carbocycles. The van der Waals surface area contributed by atoms with Crippen LogP contribution >= 0.6 is 0 Å². The Morgan fingerprint density at radius 2 is 2.05 bits per heavy atom. The minimum atomic E-state index is -1.25. The third-order valence-electron chi connectivity index (χ3n) is 3.22.